The number of amidine groups is 1. The predicted molar refractivity (Wildman–Crippen MR) is 145 cm³/mol. The number of benzene rings is 1. The molecule has 0 aliphatic carbocycles. The third-order valence-corrected chi connectivity index (χ3v) is 7.60. The molecule has 0 aromatic heterocycles. The van der Waals surface area contributed by atoms with Crippen molar-refractivity contribution in [1.82, 2.24) is 9.80 Å². The van der Waals surface area contributed by atoms with Crippen LogP contribution in [0.4, 0.5) is 5.69 Å². The van der Waals surface area contributed by atoms with Gasteiger partial charge in [0.15, 0.2) is 5.17 Å². The van der Waals surface area contributed by atoms with Crippen LogP contribution in [0.2, 0.25) is 0 Å². The maximum Gasteiger partial charge on any atom is 0.338 e. The van der Waals surface area contributed by atoms with Crippen LogP contribution in [-0.2, 0) is 23.9 Å². The number of aliphatic imine (C=N–C) groups is 1. The molecule has 3 aliphatic rings. The minimum atomic E-state index is -0.688. The fourth-order valence-corrected chi connectivity index (χ4v) is 5.89. The second-order valence-electron chi connectivity index (χ2n) is 9.80. The quantitative estimate of drug-likeness (QED) is 0.261. The van der Waals surface area contributed by atoms with Crippen molar-refractivity contribution in [1.29, 1.82) is 0 Å². The maximum absolute atomic E-state index is 13.4. The Hall–Kier alpha value is -3.67. The normalized spacial score (nSPS) is 20.8. The van der Waals surface area contributed by atoms with Gasteiger partial charge in [0, 0.05) is 30.9 Å². The van der Waals surface area contributed by atoms with Crippen LogP contribution in [0.15, 0.2) is 51.6 Å². The van der Waals surface area contributed by atoms with Crippen molar-refractivity contribution < 1.29 is 28.8 Å². The molecule has 4 rings (SSSR count). The van der Waals surface area contributed by atoms with E-state index in [-0.39, 0.29) is 36.0 Å². The first-order valence-corrected chi connectivity index (χ1v) is 13.8. The molecule has 12 heteroatoms. The molecule has 1 saturated heterocycles. The average molecular weight is 557 g/mol. The minimum Gasteiger partial charge on any atom is -0.466 e. The summed E-state index contributed by atoms with van der Waals surface area (Å²) in [5, 5.41) is 13.7. The second-order valence-corrected chi connectivity index (χ2v) is 10.6. The Balaban J connectivity index is 1.63. The number of ether oxygens (including phenoxy) is 2. The van der Waals surface area contributed by atoms with Gasteiger partial charge in [-0.05, 0) is 63.6 Å². The summed E-state index contributed by atoms with van der Waals surface area (Å²) in [4.78, 5) is 57.9. The molecule has 1 fully saturated rings. The van der Waals surface area contributed by atoms with E-state index in [1.54, 1.807) is 44.7 Å². The van der Waals surface area contributed by atoms with Crippen molar-refractivity contribution in [3.8, 4) is 0 Å². The Labute approximate surface area is 231 Å². The minimum absolute atomic E-state index is 0.0383. The van der Waals surface area contributed by atoms with Gasteiger partial charge in [0.05, 0.1) is 47.3 Å². The number of thioether (sulfide) groups is 1. The highest BCUT2D eigenvalue weighted by molar-refractivity contribution is 8.16. The molecule has 0 unspecified atom stereocenters. The molecule has 0 radical (unpaired) electrons. The molecule has 3 heterocycles. The van der Waals surface area contributed by atoms with Crippen molar-refractivity contribution in [2.24, 2.45) is 10.9 Å². The van der Waals surface area contributed by atoms with Crippen molar-refractivity contribution in [3.05, 3.63) is 62.3 Å². The van der Waals surface area contributed by atoms with E-state index in [1.165, 1.54) is 23.9 Å². The molecule has 0 saturated carbocycles. The number of nitro benzene ring substituents is 1. The van der Waals surface area contributed by atoms with E-state index in [1.807, 2.05) is 10.3 Å². The number of amides is 1. The number of non-ortho nitro benzene ring substituents is 1. The van der Waals surface area contributed by atoms with Crippen LogP contribution in [0, 0.1) is 16.0 Å². The van der Waals surface area contributed by atoms with Crippen LogP contribution in [0.3, 0.4) is 0 Å². The van der Waals surface area contributed by atoms with E-state index in [2.05, 4.69) is 4.99 Å². The Morgan fingerprint density at radius 1 is 1.23 bits per heavy atom. The van der Waals surface area contributed by atoms with E-state index in [0.29, 0.717) is 60.2 Å². The molecule has 0 spiro atoms. The molecule has 208 valence electrons. The number of hydrogen-bond acceptors (Lipinski definition) is 10. The number of nitro groups is 1. The van der Waals surface area contributed by atoms with Gasteiger partial charge in [0.25, 0.3) is 5.69 Å². The highest BCUT2D eigenvalue weighted by Crippen LogP contribution is 2.45. The number of rotatable bonds is 8. The smallest absolute Gasteiger partial charge is 0.338 e. The van der Waals surface area contributed by atoms with Gasteiger partial charge in [-0.25, -0.2) is 9.79 Å². The van der Waals surface area contributed by atoms with E-state index in [9.17, 15) is 24.5 Å². The van der Waals surface area contributed by atoms with Crippen molar-refractivity contribution in [2.45, 2.75) is 59.1 Å². The van der Waals surface area contributed by atoms with E-state index >= 15 is 0 Å². The predicted octanol–water partition coefficient (Wildman–Crippen LogP) is 4.31. The summed E-state index contributed by atoms with van der Waals surface area (Å²) in [6.45, 7) is 8.14. The van der Waals surface area contributed by atoms with Gasteiger partial charge in [-0.1, -0.05) is 11.8 Å². The lowest BCUT2D eigenvalue weighted by molar-refractivity contribution is -0.384. The molecule has 0 N–H and O–H groups in total. The summed E-state index contributed by atoms with van der Waals surface area (Å²) in [6, 6.07) is 5.31. The first kappa shape index (κ1) is 28.3. The molecule has 0 bridgehead atoms. The van der Waals surface area contributed by atoms with Crippen LogP contribution in [-0.4, -0.2) is 63.5 Å². The fourth-order valence-electron chi connectivity index (χ4n) is 4.92. The summed E-state index contributed by atoms with van der Waals surface area (Å²) in [6.07, 6.45) is 1.06. The van der Waals surface area contributed by atoms with Crippen molar-refractivity contribution in [2.75, 3.05) is 19.7 Å². The number of carbonyl (C=O) groups excluding carboxylic acids is 3. The highest BCUT2D eigenvalue weighted by Gasteiger charge is 2.42. The number of allylic oxidation sites excluding steroid dienone is 1. The van der Waals surface area contributed by atoms with Gasteiger partial charge in [0.2, 0.25) is 5.91 Å². The molecule has 2 atom stereocenters. The summed E-state index contributed by atoms with van der Waals surface area (Å²) in [5.74, 6) is -1.32. The summed E-state index contributed by atoms with van der Waals surface area (Å²) in [5.41, 5.74) is 2.00. The molecule has 1 aromatic carbocycles. The average Bonchev–Trinajstić information content (AvgIpc) is 3.29. The molecule has 11 nitrogen and oxygen atoms in total. The van der Waals surface area contributed by atoms with Gasteiger partial charge >= 0.3 is 11.9 Å². The topological polar surface area (TPSA) is 132 Å². The third-order valence-electron chi connectivity index (χ3n) is 6.71. The van der Waals surface area contributed by atoms with Crippen LogP contribution in [0.25, 0.3) is 0 Å². The van der Waals surface area contributed by atoms with E-state index in [0.717, 1.165) is 0 Å². The van der Waals surface area contributed by atoms with E-state index < -0.39 is 16.9 Å². The number of piperidine rings is 1. The van der Waals surface area contributed by atoms with Crippen LogP contribution in [0.1, 0.15) is 58.6 Å². The largest absolute Gasteiger partial charge is 0.466 e. The second kappa shape index (κ2) is 12.0. The number of fused-ring (bicyclic) bond motifs is 1. The molecule has 1 aromatic rings. The van der Waals surface area contributed by atoms with Gasteiger partial charge in [-0.2, -0.15) is 0 Å². The molecule has 3 aliphatic heterocycles. The molecule has 1 amide bonds. The zero-order valence-corrected chi connectivity index (χ0v) is 23.2. The Morgan fingerprint density at radius 3 is 2.59 bits per heavy atom. The van der Waals surface area contributed by atoms with Crippen LogP contribution < -0.4 is 0 Å². The maximum atomic E-state index is 13.4. The number of carbonyl (C=O) groups is 3. The summed E-state index contributed by atoms with van der Waals surface area (Å²) in [7, 11) is 0. The highest BCUT2D eigenvalue weighted by atomic mass is 32.2. The number of esters is 2. The number of likely N-dealkylation sites (tertiary alicyclic amines) is 1. The molecular weight excluding hydrogens is 524 g/mol. The lowest BCUT2D eigenvalue weighted by Gasteiger charge is -2.37. The number of hydrogen-bond donors (Lipinski definition) is 0. The standard InChI is InChI=1S/C27H32N4O7S/c1-5-37-25(33)19-7-6-12-29(14-19)22(32)13-21-15-39-27-28-17(4)23(26(34)38-16(2)3)24(30(21)27)18-8-10-20(11-9-18)31(35)36/h8-11,15-16,19,24H,5-7,12-14H2,1-4H3/t19-,24+/m0/s1. The van der Waals surface area contributed by atoms with Gasteiger partial charge in [0.1, 0.15) is 0 Å². The summed E-state index contributed by atoms with van der Waals surface area (Å²) >= 11 is 1.35. The first-order valence-electron chi connectivity index (χ1n) is 12.9. The zero-order valence-electron chi connectivity index (χ0n) is 22.4. The van der Waals surface area contributed by atoms with Crippen LogP contribution >= 0.6 is 11.8 Å². The lowest BCUT2D eigenvalue weighted by Crippen LogP contribution is -2.44. The summed E-state index contributed by atoms with van der Waals surface area (Å²) < 4.78 is 10.7. The van der Waals surface area contributed by atoms with Crippen molar-refractivity contribution in [3.63, 3.8) is 0 Å². The lowest BCUT2D eigenvalue weighted by atomic mass is 9.93. The van der Waals surface area contributed by atoms with Gasteiger partial charge < -0.3 is 19.3 Å². The fraction of sp³-hybridized carbons (Fsp3) is 0.481. The Kier molecular flexibility index (Phi) is 8.73. The third kappa shape index (κ3) is 6.16. The number of nitrogens with zero attached hydrogens (tertiary/aromatic N) is 4. The Morgan fingerprint density at radius 2 is 1.95 bits per heavy atom. The monoisotopic (exact) mass is 556 g/mol. The molecule has 39 heavy (non-hydrogen) atoms. The molecular formula is C27H32N4O7S. The first-order chi connectivity index (χ1) is 18.6. The van der Waals surface area contributed by atoms with Crippen molar-refractivity contribution >= 4 is 40.5 Å². The SMILES string of the molecule is CCOC(=O)[C@H]1CCCN(C(=O)CC2=CSC3=NC(C)=C(C(=O)OC(C)C)[C@@H](c4ccc([N+](=O)[O-])cc4)N23)C1. The van der Waals surface area contributed by atoms with Gasteiger partial charge in [-0.3, -0.25) is 19.7 Å². The van der Waals surface area contributed by atoms with E-state index in [4.69, 9.17) is 9.47 Å². The van der Waals surface area contributed by atoms with Gasteiger partial charge in [-0.15, -0.1) is 0 Å². The Bertz CT molecular complexity index is 1260. The zero-order chi connectivity index (χ0) is 28.3. The van der Waals surface area contributed by atoms with Crippen LogP contribution in [0.5, 0.6) is 0 Å².